The Kier molecular flexibility index (Phi) is 6.65. The summed E-state index contributed by atoms with van der Waals surface area (Å²) in [6.45, 7) is 2.50. The average molecular weight is 432 g/mol. The number of hydrogen-bond acceptors (Lipinski definition) is 5. The van der Waals surface area contributed by atoms with Crippen LogP contribution in [0.25, 0.3) is 0 Å². The molecule has 28 heavy (non-hydrogen) atoms. The van der Waals surface area contributed by atoms with Crippen LogP contribution in [0.3, 0.4) is 0 Å². The number of ether oxygens (including phenoxy) is 2. The number of rotatable bonds is 9. The molecule has 0 spiro atoms. The van der Waals surface area contributed by atoms with E-state index >= 15 is 0 Å². The summed E-state index contributed by atoms with van der Waals surface area (Å²) in [6, 6.07) is 7.73. The molecule has 1 aromatic carbocycles. The van der Waals surface area contributed by atoms with Crippen molar-refractivity contribution < 1.29 is 49.2 Å². The molecule has 0 aliphatic rings. The Bertz CT molecular complexity index is 825. The molecule has 0 radical (unpaired) electrons. The maximum absolute atomic E-state index is 14.3. The van der Waals surface area contributed by atoms with Crippen LogP contribution in [0.1, 0.15) is 19.4 Å². The molecular formula is C16H17F5O6S. The van der Waals surface area contributed by atoms with Crippen molar-refractivity contribution in [2.45, 2.75) is 37.7 Å². The van der Waals surface area contributed by atoms with Crippen LogP contribution in [-0.4, -0.2) is 36.2 Å². The number of esters is 1. The molecule has 1 N–H and O–H groups in total. The predicted octanol–water partition coefficient (Wildman–Crippen LogP) is 3.70. The van der Waals surface area contributed by atoms with Crippen molar-refractivity contribution in [1.82, 2.24) is 0 Å². The fraction of sp³-hybridized carbons (Fsp3) is 0.438. The van der Waals surface area contributed by atoms with E-state index in [1.807, 2.05) is 0 Å². The van der Waals surface area contributed by atoms with Crippen LogP contribution >= 0.6 is 0 Å². The minimum atomic E-state index is -6.17. The average Bonchev–Trinajstić information content (AvgIpc) is 2.57. The van der Waals surface area contributed by atoms with Crippen molar-refractivity contribution in [1.29, 1.82) is 0 Å². The van der Waals surface area contributed by atoms with Crippen LogP contribution in [0, 0.1) is 5.41 Å². The fourth-order valence-electron chi connectivity index (χ4n) is 1.70. The van der Waals surface area contributed by atoms with Gasteiger partial charge in [0, 0.05) is 0 Å². The van der Waals surface area contributed by atoms with Gasteiger partial charge in [0.1, 0.15) is 6.61 Å². The molecule has 0 saturated carbocycles. The van der Waals surface area contributed by atoms with Crippen LogP contribution in [-0.2, 0) is 31.0 Å². The van der Waals surface area contributed by atoms with E-state index in [9.17, 15) is 35.2 Å². The van der Waals surface area contributed by atoms with Gasteiger partial charge in [-0.25, -0.2) is 4.39 Å². The first-order chi connectivity index (χ1) is 12.5. The normalized spacial score (nSPS) is 17.3. The van der Waals surface area contributed by atoms with Crippen molar-refractivity contribution in [2.75, 3.05) is 0 Å². The second-order valence-corrected chi connectivity index (χ2v) is 7.71. The van der Waals surface area contributed by atoms with Gasteiger partial charge in [0.25, 0.3) is 0 Å². The van der Waals surface area contributed by atoms with E-state index in [1.54, 1.807) is 18.2 Å². The molecule has 158 valence electrons. The van der Waals surface area contributed by atoms with Crippen LogP contribution in [0.15, 0.2) is 43.0 Å². The van der Waals surface area contributed by atoms with Gasteiger partial charge in [-0.05, 0) is 19.4 Å². The topological polar surface area (TPSA) is 89.9 Å². The van der Waals surface area contributed by atoms with Crippen molar-refractivity contribution >= 4 is 16.1 Å². The van der Waals surface area contributed by atoms with Crippen molar-refractivity contribution in [2.24, 2.45) is 5.41 Å². The van der Waals surface area contributed by atoms with Gasteiger partial charge in [0.05, 0.1) is 0 Å². The van der Waals surface area contributed by atoms with Crippen molar-refractivity contribution in [3.63, 3.8) is 0 Å². The second kappa shape index (κ2) is 7.76. The van der Waals surface area contributed by atoms with Crippen LogP contribution < -0.4 is 0 Å². The minimum absolute atomic E-state index is 0.236. The van der Waals surface area contributed by atoms with Gasteiger partial charge in [-0.15, -0.1) is 6.58 Å². The maximum Gasteiger partial charge on any atom is 0.410 e. The highest BCUT2D eigenvalue weighted by molar-refractivity contribution is 7.87. The Balaban J connectivity index is 3.12. The number of benzene rings is 1. The lowest BCUT2D eigenvalue weighted by Crippen LogP contribution is -2.57. The highest BCUT2D eigenvalue weighted by Crippen LogP contribution is 2.48. The molecule has 2 unspecified atom stereocenters. The summed E-state index contributed by atoms with van der Waals surface area (Å²) in [5.74, 6) is -1.75. The van der Waals surface area contributed by atoms with E-state index in [2.05, 4.69) is 16.1 Å². The summed E-state index contributed by atoms with van der Waals surface area (Å²) < 4.78 is 108. The molecule has 6 nitrogen and oxygen atoms in total. The Morgan fingerprint density at radius 1 is 1.11 bits per heavy atom. The molecule has 0 bridgehead atoms. The first kappa shape index (κ1) is 24.0. The van der Waals surface area contributed by atoms with Gasteiger partial charge in [0.15, 0.2) is 5.41 Å². The zero-order valence-corrected chi connectivity index (χ0v) is 15.5. The lowest BCUT2D eigenvalue weighted by Gasteiger charge is -2.36. The molecule has 0 amide bonds. The highest BCUT2D eigenvalue weighted by Gasteiger charge is 2.69. The van der Waals surface area contributed by atoms with Gasteiger partial charge >= 0.3 is 33.3 Å². The Morgan fingerprint density at radius 3 is 2.04 bits per heavy atom. The summed E-state index contributed by atoms with van der Waals surface area (Å²) in [7, 11) is -6.17. The van der Waals surface area contributed by atoms with Gasteiger partial charge in [-0.1, -0.05) is 36.4 Å². The molecule has 2 atom stereocenters. The third-order valence-corrected chi connectivity index (χ3v) is 5.12. The fourth-order valence-corrected chi connectivity index (χ4v) is 2.04. The second-order valence-electron chi connectivity index (χ2n) is 6.00. The van der Waals surface area contributed by atoms with Crippen LogP contribution in [0.2, 0.25) is 0 Å². The van der Waals surface area contributed by atoms with Gasteiger partial charge in [-0.3, -0.25) is 14.1 Å². The van der Waals surface area contributed by atoms with E-state index in [0.717, 1.165) is 0 Å². The van der Waals surface area contributed by atoms with Crippen LogP contribution in [0.5, 0.6) is 0 Å². The zero-order valence-electron chi connectivity index (χ0n) is 14.7. The first-order valence-corrected chi connectivity index (χ1v) is 8.92. The van der Waals surface area contributed by atoms with E-state index in [-0.39, 0.29) is 13.0 Å². The third-order valence-electron chi connectivity index (χ3n) is 3.91. The summed E-state index contributed by atoms with van der Waals surface area (Å²) in [5, 5.41) is -4.93. The first-order valence-electron chi connectivity index (χ1n) is 7.48. The molecule has 0 aromatic heterocycles. The molecule has 12 heteroatoms. The summed E-state index contributed by atoms with van der Waals surface area (Å²) >= 11 is 0. The monoisotopic (exact) mass is 432 g/mol. The summed E-state index contributed by atoms with van der Waals surface area (Å²) in [4.78, 5) is 12.1. The molecular weight excluding hydrogens is 415 g/mol. The molecule has 0 fully saturated rings. The van der Waals surface area contributed by atoms with Crippen molar-refractivity contribution in [3.8, 4) is 0 Å². The van der Waals surface area contributed by atoms with E-state index in [4.69, 9.17) is 4.55 Å². The number of carbonyl (C=O) groups is 1. The van der Waals surface area contributed by atoms with E-state index < -0.39 is 45.3 Å². The highest BCUT2D eigenvalue weighted by atomic mass is 32.2. The smallest absolute Gasteiger partial charge is 0.410 e. The quantitative estimate of drug-likeness (QED) is 0.277. The van der Waals surface area contributed by atoms with E-state index in [0.29, 0.717) is 12.5 Å². The zero-order chi connectivity index (χ0) is 22.0. The number of alkyl halides is 5. The summed E-state index contributed by atoms with van der Waals surface area (Å²) in [5.41, 5.74) is -2.86. The van der Waals surface area contributed by atoms with Crippen LogP contribution in [0.4, 0.5) is 22.0 Å². The van der Waals surface area contributed by atoms with Gasteiger partial charge < -0.3 is 4.74 Å². The Labute approximate surface area is 157 Å². The Morgan fingerprint density at radius 2 is 1.61 bits per heavy atom. The number of halogens is 5. The summed E-state index contributed by atoms with van der Waals surface area (Å²) in [6.07, 6.45) is -10.7. The van der Waals surface area contributed by atoms with Crippen molar-refractivity contribution in [3.05, 3.63) is 48.6 Å². The standard InChI is InChI=1S/C16H17F5O6S/c1-4-13(2,12(22)26-10-11-8-6-5-7-9-11)15(18,19)27-16(20,21)14(3,17)28(23,24)25/h4-9H,1,10H2,2-3H3,(H,23,24,25). The molecule has 1 aromatic rings. The molecule has 0 aliphatic heterocycles. The largest absolute Gasteiger partial charge is 0.460 e. The molecule has 1 rings (SSSR count). The lowest BCUT2D eigenvalue weighted by molar-refractivity contribution is -0.416. The lowest BCUT2D eigenvalue weighted by atomic mass is 9.89. The van der Waals surface area contributed by atoms with E-state index in [1.165, 1.54) is 12.1 Å². The van der Waals surface area contributed by atoms with Gasteiger partial charge in [-0.2, -0.15) is 26.0 Å². The Hall–Kier alpha value is -2.05. The number of hydrogen-bond donors (Lipinski definition) is 1. The number of carbonyl (C=O) groups excluding carboxylic acids is 1. The molecule has 0 aliphatic carbocycles. The predicted molar refractivity (Wildman–Crippen MR) is 86.6 cm³/mol. The van der Waals surface area contributed by atoms with Gasteiger partial charge in [0.2, 0.25) is 0 Å². The SMILES string of the molecule is C=CC(C)(C(=O)OCc1ccccc1)C(F)(F)OC(F)(F)C(C)(F)S(=O)(=O)O. The molecule has 0 heterocycles. The maximum atomic E-state index is 14.3. The third kappa shape index (κ3) is 4.50. The molecule has 0 saturated heterocycles. The minimum Gasteiger partial charge on any atom is -0.460 e.